The van der Waals surface area contributed by atoms with Crippen molar-refractivity contribution in [1.29, 1.82) is 0 Å². The van der Waals surface area contributed by atoms with E-state index in [9.17, 15) is 4.39 Å². The van der Waals surface area contributed by atoms with Gasteiger partial charge in [0.25, 0.3) is 5.95 Å². The van der Waals surface area contributed by atoms with Crippen LogP contribution in [-0.2, 0) is 13.2 Å². The number of benzene rings is 2. The third kappa shape index (κ3) is 3.95. The van der Waals surface area contributed by atoms with E-state index >= 15 is 0 Å². The number of H-pyrrole nitrogens is 1. The summed E-state index contributed by atoms with van der Waals surface area (Å²) < 4.78 is 18.9. The number of hydrogen-bond acceptors (Lipinski definition) is 5. The summed E-state index contributed by atoms with van der Waals surface area (Å²) in [4.78, 5) is 0. The van der Waals surface area contributed by atoms with Crippen molar-refractivity contribution in [3.63, 3.8) is 0 Å². The average Bonchev–Trinajstić information content (AvgIpc) is 3.06. The molecule has 0 aliphatic heterocycles. The maximum Gasteiger partial charge on any atom is 0.263 e. The Hall–Kier alpha value is -2.67. The molecule has 3 aromatic rings. The number of ether oxygens (including phenoxy) is 1. The second-order valence-corrected chi connectivity index (χ2v) is 5.13. The topological polar surface area (TPSA) is 75.7 Å². The van der Waals surface area contributed by atoms with E-state index in [0.29, 0.717) is 28.8 Å². The number of nitrogens with one attached hydrogen (secondary N) is 2. The molecule has 118 valence electrons. The maximum absolute atomic E-state index is 13.1. The largest absolute Gasteiger partial charge is 0.488 e. The highest BCUT2D eigenvalue weighted by atomic mass is 35.5. The summed E-state index contributed by atoms with van der Waals surface area (Å²) in [6, 6.07) is 11.8. The summed E-state index contributed by atoms with van der Waals surface area (Å²) in [6.45, 7) is 0.727. The molecule has 0 atom stereocenters. The zero-order chi connectivity index (χ0) is 16.1. The summed E-state index contributed by atoms with van der Waals surface area (Å²) in [5.41, 5.74) is 1.64. The monoisotopic (exact) mass is 333 g/mol. The Morgan fingerprint density at radius 3 is 2.83 bits per heavy atom. The highest BCUT2D eigenvalue weighted by Gasteiger charge is 2.07. The molecule has 0 aliphatic carbocycles. The molecule has 0 saturated heterocycles. The molecule has 0 unspecified atom stereocenters. The van der Waals surface area contributed by atoms with Gasteiger partial charge in [0, 0.05) is 17.7 Å². The molecule has 0 bridgehead atoms. The van der Waals surface area contributed by atoms with Crippen LogP contribution in [0.3, 0.4) is 0 Å². The molecule has 23 heavy (non-hydrogen) atoms. The van der Waals surface area contributed by atoms with Crippen LogP contribution in [0, 0.1) is 5.82 Å². The van der Waals surface area contributed by atoms with Gasteiger partial charge in [0.2, 0.25) is 0 Å². The first-order valence-electron chi connectivity index (χ1n) is 6.84. The van der Waals surface area contributed by atoms with Gasteiger partial charge in [-0.3, -0.25) is 0 Å². The van der Waals surface area contributed by atoms with E-state index in [1.807, 2.05) is 24.3 Å². The van der Waals surface area contributed by atoms with Crippen molar-refractivity contribution >= 4 is 17.5 Å². The zero-order valence-corrected chi connectivity index (χ0v) is 12.7. The molecule has 0 spiro atoms. The molecule has 2 aromatic carbocycles. The van der Waals surface area contributed by atoms with E-state index in [2.05, 4.69) is 25.9 Å². The molecule has 8 heteroatoms. The van der Waals surface area contributed by atoms with Crippen molar-refractivity contribution in [2.75, 3.05) is 5.32 Å². The molecular weight excluding hydrogens is 321 g/mol. The van der Waals surface area contributed by atoms with Crippen LogP contribution < -0.4 is 10.1 Å². The number of aromatic amines is 1. The Bertz CT molecular complexity index is 781. The summed E-state index contributed by atoms with van der Waals surface area (Å²) >= 11 is 6.00. The van der Waals surface area contributed by atoms with Gasteiger partial charge in [0.1, 0.15) is 18.2 Å². The van der Waals surface area contributed by atoms with E-state index in [0.717, 1.165) is 5.56 Å². The summed E-state index contributed by atoms with van der Waals surface area (Å²) in [5, 5.41) is 16.9. The highest BCUT2D eigenvalue weighted by Crippen LogP contribution is 2.23. The van der Waals surface area contributed by atoms with Crippen molar-refractivity contribution < 1.29 is 9.13 Å². The van der Waals surface area contributed by atoms with Gasteiger partial charge in [-0.05, 0) is 23.4 Å². The fourth-order valence-corrected chi connectivity index (χ4v) is 2.22. The Morgan fingerprint density at radius 2 is 2.04 bits per heavy atom. The maximum atomic E-state index is 13.1. The summed E-state index contributed by atoms with van der Waals surface area (Å²) in [5.74, 6) is 0.730. The minimum Gasteiger partial charge on any atom is -0.488 e. The molecule has 1 heterocycles. The minimum absolute atomic E-state index is 0.248. The van der Waals surface area contributed by atoms with Crippen LogP contribution in [0.2, 0.25) is 5.02 Å². The van der Waals surface area contributed by atoms with E-state index in [4.69, 9.17) is 16.3 Å². The molecule has 3 rings (SSSR count). The number of halogens is 2. The Morgan fingerprint density at radius 1 is 1.17 bits per heavy atom. The number of rotatable bonds is 6. The smallest absolute Gasteiger partial charge is 0.263 e. The van der Waals surface area contributed by atoms with E-state index in [-0.39, 0.29) is 12.4 Å². The van der Waals surface area contributed by atoms with Crippen molar-refractivity contribution in [1.82, 2.24) is 20.6 Å². The number of hydrogen-bond donors (Lipinski definition) is 2. The second kappa shape index (κ2) is 7.06. The van der Waals surface area contributed by atoms with Crippen LogP contribution in [0.5, 0.6) is 5.75 Å². The quantitative estimate of drug-likeness (QED) is 0.724. The van der Waals surface area contributed by atoms with Gasteiger partial charge in [-0.25, -0.2) is 4.39 Å². The lowest BCUT2D eigenvalue weighted by Crippen LogP contribution is -2.05. The van der Waals surface area contributed by atoms with Crippen LogP contribution in [0.1, 0.15) is 11.1 Å². The number of nitrogens with zero attached hydrogens (tertiary/aromatic N) is 3. The van der Waals surface area contributed by atoms with Gasteiger partial charge in [-0.15, -0.1) is 5.10 Å². The van der Waals surface area contributed by atoms with Gasteiger partial charge in [0.05, 0.1) is 5.02 Å². The van der Waals surface area contributed by atoms with Crippen LogP contribution in [0.25, 0.3) is 0 Å². The predicted molar refractivity (Wildman–Crippen MR) is 83.7 cm³/mol. The molecule has 0 amide bonds. The number of tetrazole rings is 1. The number of aromatic nitrogens is 4. The summed E-state index contributed by atoms with van der Waals surface area (Å²) in [6.07, 6.45) is 0. The molecule has 2 N–H and O–H groups in total. The van der Waals surface area contributed by atoms with Gasteiger partial charge in [0.15, 0.2) is 0 Å². The molecule has 1 aromatic heterocycles. The first-order valence-corrected chi connectivity index (χ1v) is 7.22. The van der Waals surface area contributed by atoms with Crippen LogP contribution in [0.4, 0.5) is 10.3 Å². The zero-order valence-electron chi connectivity index (χ0n) is 12.0. The molecule has 6 nitrogen and oxygen atoms in total. The minimum atomic E-state index is -0.372. The Kier molecular flexibility index (Phi) is 4.68. The number of anilines is 1. The molecule has 0 aliphatic rings. The lowest BCUT2D eigenvalue weighted by atomic mass is 10.2. The second-order valence-electron chi connectivity index (χ2n) is 4.72. The Balaban J connectivity index is 1.67. The molecule has 0 radical (unpaired) electrons. The van der Waals surface area contributed by atoms with E-state index < -0.39 is 0 Å². The lowest BCUT2D eigenvalue weighted by molar-refractivity contribution is 0.303. The molecule has 0 fully saturated rings. The van der Waals surface area contributed by atoms with Crippen molar-refractivity contribution in [3.8, 4) is 5.75 Å². The van der Waals surface area contributed by atoms with Crippen LogP contribution >= 0.6 is 11.6 Å². The predicted octanol–water partition coefficient (Wildman–Crippen LogP) is 3.18. The van der Waals surface area contributed by atoms with Gasteiger partial charge >= 0.3 is 0 Å². The van der Waals surface area contributed by atoms with Gasteiger partial charge in [-0.2, -0.15) is 5.21 Å². The standard InChI is InChI=1S/C15H13ClFN5O/c16-13-7-12(17)6-5-11(13)9-23-14-4-2-1-3-10(14)8-18-15-19-21-22-20-15/h1-7H,8-9H2,(H2,18,19,20,21,22). The fourth-order valence-electron chi connectivity index (χ4n) is 2.00. The van der Waals surface area contributed by atoms with Crippen molar-refractivity contribution in [2.45, 2.75) is 13.2 Å². The molecule has 0 saturated carbocycles. The van der Waals surface area contributed by atoms with Crippen LogP contribution in [-0.4, -0.2) is 20.6 Å². The first-order chi connectivity index (χ1) is 11.2. The van der Waals surface area contributed by atoms with Gasteiger partial charge in [-0.1, -0.05) is 41.0 Å². The lowest BCUT2D eigenvalue weighted by Gasteiger charge is -2.12. The average molecular weight is 334 g/mol. The Labute approximate surface area is 136 Å². The van der Waals surface area contributed by atoms with E-state index in [1.54, 1.807) is 6.07 Å². The number of para-hydroxylation sites is 1. The highest BCUT2D eigenvalue weighted by molar-refractivity contribution is 6.31. The first kappa shape index (κ1) is 15.2. The van der Waals surface area contributed by atoms with Crippen molar-refractivity contribution in [3.05, 3.63) is 64.4 Å². The van der Waals surface area contributed by atoms with E-state index in [1.165, 1.54) is 12.1 Å². The summed E-state index contributed by atoms with van der Waals surface area (Å²) in [7, 11) is 0. The third-order valence-electron chi connectivity index (χ3n) is 3.15. The van der Waals surface area contributed by atoms with Crippen LogP contribution in [0.15, 0.2) is 42.5 Å². The fraction of sp³-hybridized carbons (Fsp3) is 0.133. The van der Waals surface area contributed by atoms with Gasteiger partial charge < -0.3 is 10.1 Å². The van der Waals surface area contributed by atoms with Crippen molar-refractivity contribution in [2.24, 2.45) is 0 Å². The molecular formula is C15H13ClFN5O. The third-order valence-corrected chi connectivity index (χ3v) is 3.51. The normalized spacial score (nSPS) is 10.5. The SMILES string of the molecule is Fc1ccc(COc2ccccc2CNc2nn[nH]n2)c(Cl)c1.